The Balaban J connectivity index is 1.60. The average Bonchev–Trinajstić information content (AvgIpc) is 2.79. The summed E-state index contributed by atoms with van der Waals surface area (Å²) in [7, 11) is 0. The number of hydrogen-bond donors (Lipinski definition) is 7. The van der Waals surface area contributed by atoms with Crippen LogP contribution in [0.15, 0.2) is 0 Å². The fourth-order valence-electron chi connectivity index (χ4n) is 6.07. The molecule has 1 saturated carbocycles. The summed E-state index contributed by atoms with van der Waals surface area (Å²) in [5.74, 6) is 0.706. The molecule has 1 aliphatic carbocycles. The van der Waals surface area contributed by atoms with Crippen LogP contribution in [0.5, 0.6) is 0 Å². The lowest BCUT2D eigenvalue weighted by Crippen LogP contribution is -2.61. The summed E-state index contributed by atoms with van der Waals surface area (Å²) in [6.07, 6.45) is -10.7. The number of rotatable bonds is 8. The lowest BCUT2D eigenvalue weighted by Gasteiger charge is -2.48. The predicted octanol–water partition coefficient (Wildman–Crippen LogP) is -0.743. The van der Waals surface area contributed by atoms with Gasteiger partial charge in [0.25, 0.3) is 0 Å². The summed E-state index contributed by atoms with van der Waals surface area (Å²) in [4.78, 5) is 0. The first kappa shape index (κ1) is 30.1. The Morgan fingerprint density at radius 2 is 1.47 bits per heavy atom. The van der Waals surface area contributed by atoms with Gasteiger partial charge in [0.05, 0.1) is 24.9 Å². The van der Waals surface area contributed by atoms with Gasteiger partial charge < -0.3 is 54.7 Å². The first-order chi connectivity index (χ1) is 16.7. The van der Waals surface area contributed by atoms with E-state index in [0.717, 1.165) is 19.3 Å². The van der Waals surface area contributed by atoms with Crippen LogP contribution in [0, 0.1) is 17.3 Å². The molecule has 2 aliphatic heterocycles. The Morgan fingerprint density at radius 3 is 2.08 bits per heavy atom. The molecule has 0 aromatic heterocycles. The van der Waals surface area contributed by atoms with Crippen molar-refractivity contribution >= 4 is 0 Å². The minimum Gasteiger partial charge on any atom is -0.393 e. The van der Waals surface area contributed by atoms with E-state index in [4.69, 9.17) is 18.9 Å². The zero-order chi connectivity index (χ0) is 26.9. The third kappa shape index (κ3) is 6.76. The highest BCUT2D eigenvalue weighted by atomic mass is 16.7. The fraction of sp³-hybridized carbons (Fsp3) is 1.00. The minimum atomic E-state index is -1.55. The molecule has 0 amide bonds. The topological polar surface area (TPSA) is 179 Å². The van der Waals surface area contributed by atoms with Crippen LogP contribution in [-0.2, 0) is 18.9 Å². The Kier molecular flexibility index (Phi) is 10.2. The lowest BCUT2D eigenvalue weighted by molar-refractivity contribution is -0.336. The maximum Gasteiger partial charge on any atom is 0.186 e. The smallest absolute Gasteiger partial charge is 0.186 e. The molecule has 11 nitrogen and oxygen atoms in total. The average molecular weight is 523 g/mol. The molecule has 0 spiro atoms. The normalized spacial score (nSPS) is 48.5. The molecular formula is C25H46O11. The number of hydrogen-bond acceptors (Lipinski definition) is 11. The van der Waals surface area contributed by atoms with Crippen LogP contribution < -0.4 is 0 Å². The van der Waals surface area contributed by atoms with Crippen LogP contribution >= 0.6 is 0 Å². The van der Waals surface area contributed by atoms with Gasteiger partial charge in [-0.2, -0.15) is 0 Å². The first-order valence-electron chi connectivity index (χ1n) is 13.1. The van der Waals surface area contributed by atoms with Crippen molar-refractivity contribution in [3.63, 3.8) is 0 Å². The van der Waals surface area contributed by atoms with Crippen molar-refractivity contribution in [2.75, 3.05) is 6.61 Å². The van der Waals surface area contributed by atoms with Gasteiger partial charge in [-0.3, -0.25) is 0 Å². The largest absolute Gasteiger partial charge is 0.393 e. The molecule has 0 radical (unpaired) electrons. The van der Waals surface area contributed by atoms with Crippen molar-refractivity contribution in [1.29, 1.82) is 0 Å². The Bertz CT molecular complexity index is 691. The van der Waals surface area contributed by atoms with Crippen LogP contribution in [0.2, 0.25) is 0 Å². The van der Waals surface area contributed by atoms with E-state index in [2.05, 4.69) is 20.8 Å². The summed E-state index contributed by atoms with van der Waals surface area (Å²) in [6, 6.07) is 0. The lowest BCUT2D eigenvalue weighted by atomic mass is 9.61. The molecule has 3 fully saturated rings. The van der Waals surface area contributed by atoms with E-state index in [9.17, 15) is 35.7 Å². The molecule has 2 heterocycles. The van der Waals surface area contributed by atoms with Crippen LogP contribution in [0.3, 0.4) is 0 Å². The highest BCUT2D eigenvalue weighted by molar-refractivity contribution is 4.94. The van der Waals surface area contributed by atoms with E-state index in [0.29, 0.717) is 18.3 Å². The Hall–Kier alpha value is -0.440. The molecule has 0 unspecified atom stereocenters. The predicted molar refractivity (Wildman–Crippen MR) is 126 cm³/mol. The first-order valence-corrected chi connectivity index (χ1v) is 13.1. The van der Waals surface area contributed by atoms with Crippen molar-refractivity contribution in [3.8, 4) is 0 Å². The van der Waals surface area contributed by atoms with Crippen LogP contribution in [0.1, 0.15) is 60.3 Å². The van der Waals surface area contributed by atoms with Gasteiger partial charge in [-0.25, -0.2) is 0 Å². The highest BCUT2D eigenvalue weighted by Gasteiger charge is 2.49. The van der Waals surface area contributed by atoms with Gasteiger partial charge in [0, 0.05) is 0 Å². The molecule has 7 N–H and O–H groups in total. The second kappa shape index (κ2) is 12.2. The number of aliphatic hydroxyl groups excluding tert-OH is 7. The summed E-state index contributed by atoms with van der Waals surface area (Å²) in [5.41, 5.74) is -0.0754. The summed E-state index contributed by atoms with van der Waals surface area (Å²) in [6.45, 7) is 9.48. The van der Waals surface area contributed by atoms with Crippen molar-refractivity contribution in [3.05, 3.63) is 0 Å². The standard InChI is InChI=1S/C25H46O11/c1-11-8-14(9-25(4,5)15(11)7-6-12(2)26)35-24-22(32)20(30)18(28)16(36-24)10-33-23-21(31)19(29)17(27)13(3)34-23/h11-24,26-32H,6-10H2,1-5H3/t11-,12-,13+,14+,15+,16-,17+,18-,19-,20+,21-,22-,23+,24+/m1/s1. The quantitative estimate of drug-likeness (QED) is 0.213. The van der Waals surface area contributed by atoms with Gasteiger partial charge in [-0.1, -0.05) is 20.8 Å². The summed E-state index contributed by atoms with van der Waals surface area (Å²) >= 11 is 0. The van der Waals surface area contributed by atoms with E-state index >= 15 is 0 Å². The minimum absolute atomic E-state index is 0.0754. The van der Waals surface area contributed by atoms with Crippen LogP contribution in [0.4, 0.5) is 0 Å². The van der Waals surface area contributed by atoms with Crippen LogP contribution in [0.25, 0.3) is 0 Å². The van der Waals surface area contributed by atoms with Crippen molar-refractivity contribution in [2.45, 2.75) is 134 Å². The molecule has 0 bridgehead atoms. The van der Waals surface area contributed by atoms with Gasteiger partial charge >= 0.3 is 0 Å². The van der Waals surface area contributed by atoms with Gasteiger partial charge in [-0.15, -0.1) is 0 Å². The number of aliphatic hydroxyl groups is 7. The van der Waals surface area contributed by atoms with E-state index < -0.39 is 61.4 Å². The zero-order valence-electron chi connectivity index (χ0n) is 21.9. The van der Waals surface area contributed by atoms with Crippen LogP contribution in [-0.4, -0.2) is 116 Å². The third-order valence-corrected chi connectivity index (χ3v) is 8.20. The molecule has 2 saturated heterocycles. The maximum atomic E-state index is 10.6. The van der Waals surface area contributed by atoms with Crippen molar-refractivity contribution in [1.82, 2.24) is 0 Å². The third-order valence-electron chi connectivity index (χ3n) is 8.20. The molecule has 11 heteroatoms. The monoisotopic (exact) mass is 522 g/mol. The van der Waals surface area contributed by atoms with Gasteiger partial charge in [-0.05, 0) is 56.8 Å². The van der Waals surface area contributed by atoms with Gasteiger partial charge in [0.2, 0.25) is 0 Å². The Labute approximate surface area is 212 Å². The summed E-state index contributed by atoms with van der Waals surface area (Å²) in [5, 5.41) is 71.1. The SMILES string of the molecule is C[C@@H]1C[C@H](O[C@H]2O[C@H](CO[C@H]3O[C@@H](C)[C@H](O)[C@@H](O)[C@H]3O)[C@@H](O)[C@H](O)[C@H]2O)CC(C)(C)[C@H]1CC[C@@H](C)O. The summed E-state index contributed by atoms with van der Waals surface area (Å²) < 4.78 is 22.9. The van der Waals surface area contributed by atoms with Gasteiger partial charge in [0.15, 0.2) is 12.6 Å². The van der Waals surface area contributed by atoms with Crippen molar-refractivity contribution < 1.29 is 54.7 Å². The van der Waals surface area contributed by atoms with E-state index in [1.165, 1.54) is 6.92 Å². The second-order valence-electron chi connectivity index (χ2n) is 11.7. The zero-order valence-corrected chi connectivity index (χ0v) is 21.9. The second-order valence-corrected chi connectivity index (χ2v) is 11.7. The number of ether oxygens (including phenoxy) is 4. The molecule has 0 aromatic rings. The highest BCUT2D eigenvalue weighted by Crippen LogP contribution is 2.47. The molecule has 0 aromatic carbocycles. The molecule has 3 aliphatic rings. The molecule has 212 valence electrons. The van der Waals surface area contributed by atoms with E-state index in [1.807, 2.05) is 0 Å². The molecule has 3 rings (SSSR count). The fourth-order valence-corrected chi connectivity index (χ4v) is 6.07. The Morgan fingerprint density at radius 1 is 0.861 bits per heavy atom. The van der Waals surface area contributed by atoms with E-state index in [1.54, 1.807) is 6.92 Å². The van der Waals surface area contributed by atoms with Gasteiger partial charge in [0.1, 0.15) is 42.7 Å². The molecule has 36 heavy (non-hydrogen) atoms. The maximum absolute atomic E-state index is 10.6. The van der Waals surface area contributed by atoms with E-state index in [-0.39, 0.29) is 24.2 Å². The molecule has 14 atom stereocenters. The van der Waals surface area contributed by atoms with Crippen molar-refractivity contribution in [2.24, 2.45) is 17.3 Å². The molecular weight excluding hydrogens is 476 g/mol.